The Morgan fingerprint density at radius 1 is 1.00 bits per heavy atom. The van der Waals surface area contributed by atoms with E-state index in [9.17, 15) is 0 Å². The van der Waals surface area contributed by atoms with Crippen LogP contribution in [0.25, 0.3) is 0 Å². The van der Waals surface area contributed by atoms with E-state index in [1.165, 1.54) is 0 Å². The van der Waals surface area contributed by atoms with Crippen molar-refractivity contribution in [1.29, 1.82) is 0 Å². The third-order valence-electron chi connectivity index (χ3n) is 0. The van der Waals surface area contributed by atoms with Gasteiger partial charge < -0.3 is 10.2 Å². The molecule has 0 aliphatic rings. The van der Waals surface area contributed by atoms with E-state index in [4.69, 9.17) is 19.8 Å². The first-order chi connectivity index (χ1) is 2.83. The molecule has 0 bridgehead atoms. The fourth-order valence-corrected chi connectivity index (χ4v) is 0. The predicted molar refractivity (Wildman–Crippen MR) is 23.1 cm³/mol. The molecule has 0 spiro atoms. The molecule has 0 fully saturated rings. The summed E-state index contributed by atoms with van der Waals surface area (Å²) < 4.78 is 0. The first kappa shape index (κ1) is 15.9. The zero-order valence-electron chi connectivity index (χ0n) is 3.37. The second kappa shape index (κ2) is 42.6. The Bertz CT molecular complexity index is 30.7. The quantitative estimate of drug-likeness (QED) is 0.398. The fraction of sp³-hybridized carbons (Fsp3) is 0. The Morgan fingerprint density at radius 2 is 1.00 bits per heavy atom. The van der Waals surface area contributed by atoms with E-state index in [1.807, 2.05) is 0 Å². The van der Waals surface area contributed by atoms with E-state index >= 15 is 0 Å². The number of rotatable bonds is 0. The number of carbonyl (C=O) groups is 2. The molecule has 0 aromatic carbocycles. The minimum absolute atomic E-state index is 0. The molecule has 7 heavy (non-hydrogen) atoms. The Kier molecular flexibility index (Phi) is 96.7. The molecule has 5 heteroatoms. The molecule has 4 radical (unpaired) electrons. The average Bonchev–Trinajstić information content (AvgIpc) is 1.39. The normalized spacial score (nSPS) is 3.43. The van der Waals surface area contributed by atoms with Crippen molar-refractivity contribution in [3.8, 4) is 0 Å². The number of hydrogen-bond acceptors (Lipinski definition) is 2. The Hall–Kier alpha value is -0.261. The number of hydrogen-bond donors (Lipinski definition) is 2. The van der Waals surface area contributed by atoms with Gasteiger partial charge in [0.1, 0.15) is 0 Å². The average molecular weight is 211 g/mol. The van der Waals surface area contributed by atoms with Crippen LogP contribution < -0.4 is 0 Å². The first-order valence-corrected chi connectivity index (χ1v) is 0.988. The largest absolute Gasteiger partial charge is 0.483 e. The zero-order valence-corrected chi connectivity index (χ0v) is 6.22. The van der Waals surface area contributed by atoms with Crippen molar-refractivity contribution in [3.63, 3.8) is 0 Å². The van der Waals surface area contributed by atoms with Crippen LogP contribution in [0, 0.1) is 0 Å². The van der Waals surface area contributed by atoms with E-state index in [2.05, 4.69) is 0 Å². The van der Waals surface area contributed by atoms with Gasteiger partial charge in [-0.1, -0.05) is 0 Å². The van der Waals surface area contributed by atoms with Gasteiger partial charge in [0.25, 0.3) is 12.9 Å². The van der Waals surface area contributed by atoms with Crippen molar-refractivity contribution in [3.05, 3.63) is 0 Å². The van der Waals surface area contributed by atoms with Crippen molar-refractivity contribution >= 4 is 36.9 Å². The molecule has 0 heterocycles. The Labute approximate surface area is 57.1 Å². The molecule has 0 aromatic rings. The van der Waals surface area contributed by atoms with E-state index in [0.29, 0.717) is 0 Å². The van der Waals surface area contributed by atoms with Crippen LogP contribution in [0.2, 0.25) is 0 Å². The van der Waals surface area contributed by atoms with Crippen LogP contribution in [0.15, 0.2) is 0 Å². The second-order valence-electron chi connectivity index (χ2n) is 0.211. The molecule has 4 nitrogen and oxygen atoms in total. The molecule has 0 aliphatic carbocycles. The van der Waals surface area contributed by atoms with E-state index in [0.717, 1.165) is 0 Å². The fourth-order valence-electron chi connectivity index (χ4n) is 0. The molecule has 0 saturated heterocycles. The predicted octanol–water partition coefficient (Wildman–Crippen LogP) is -0.979. The van der Waals surface area contributed by atoms with Gasteiger partial charge in [-0.05, 0) is 0 Å². The summed E-state index contributed by atoms with van der Waals surface area (Å²) in [6, 6.07) is 0. The molecular formula is C2H4O4Sn. The SMILES string of the molecule is O=CO.O=CO.[Sn]. The smallest absolute Gasteiger partial charge is 0.290 e. The van der Waals surface area contributed by atoms with Gasteiger partial charge in [-0.3, -0.25) is 9.59 Å². The Morgan fingerprint density at radius 3 is 1.00 bits per heavy atom. The molecule has 0 aliphatic heterocycles. The summed E-state index contributed by atoms with van der Waals surface area (Å²) in [6.07, 6.45) is 0. The maximum Gasteiger partial charge on any atom is 0.290 e. The minimum Gasteiger partial charge on any atom is -0.483 e. The summed E-state index contributed by atoms with van der Waals surface area (Å²) in [4.78, 5) is 16.7. The van der Waals surface area contributed by atoms with Crippen molar-refractivity contribution in [2.45, 2.75) is 0 Å². The summed E-state index contributed by atoms with van der Waals surface area (Å²) >= 11 is 0. The van der Waals surface area contributed by atoms with Gasteiger partial charge in [-0.2, -0.15) is 0 Å². The topological polar surface area (TPSA) is 74.6 Å². The minimum atomic E-state index is -0.250. The van der Waals surface area contributed by atoms with Crippen LogP contribution in [0.3, 0.4) is 0 Å². The summed E-state index contributed by atoms with van der Waals surface area (Å²) in [7, 11) is 0. The van der Waals surface area contributed by atoms with Gasteiger partial charge in [0, 0.05) is 23.9 Å². The van der Waals surface area contributed by atoms with E-state index in [1.54, 1.807) is 0 Å². The van der Waals surface area contributed by atoms with Crippen molar-refractivity contribution < 1.29 is 19.8 Å². The molecule has 0 rings (SSSR count). The number of carboxylic acid groups (broad SMARTS) is 2. The molecule has 0 aromatic heterocycles. The molecule has 2 N–H and O–H groups in total. The van der Waals surface area contributed by atoms with Crippen LogP contribution in [-0.2, 0) is 9.59 Å². The van der Waals surface area contributed by atoms with Gasteiger partial charge >= 0.3 is 0 Å². The van der Waals surface area contributed by atoms with Crippen LogP contribution in [0.5, 0.6) is 0 Å². The van der Waals surface area contributed by atoms with Gasteiger partial charge in [0.2, 0.25) is 0 Å². The third kappa shape index (κ3) is 1170. The summed E-state index contributed by atoms with van der Waals surface area (Å²) in [6.45, 7) is -0.500. The van der Waals surface area contributed by atoms with E-state index in [-0.39, 0.29) is 36.9 Å². The molecule has 0 saturated carbocycles. The van der Waals surface area contributed by atoms with Gasteiger partial charge in [-0.15, -0.1) is 0 Å². The van der Waals surface area contributed by atoms with Crippen LogP contribution in [-0.4, -0.2) is 47.1 Å². The van der Waals surface area contributed by atoms with Crippen molar-refractivity contribution in [2.75, 3.05) is 0 Å². The maximum absolute atomic E-state index is 8.36. The summed E-state index contributed by atoms with van der Waals surface area (Å²) in [5.41, 5.74) is 0. The van der Waals surface area contributed by atoms with Gasteiger partial charge in [0.15, 0.2) is 0 Å². The van der Waals surface area contributed by atoms with Crippen molar-refractivity contribution in [1.82, 2.24) is 0 Å². The summed E-state index contributed by atoms with van der Waals surface area (Å²) in [5.74, 6) is 0. The first-order valence-electron chi connectivity index (χ1n) is 0.988. The van der Waals surface area contributed by atoms with Crippen LogP contribution >= 0.6 is 0 Å². The zero-order chi connectivity index (χ0) is 5.41. The Balaban J connectivity index is -0.0000000400. The molecule has 0 atom stereocenters. The molecule has 40 valence electrons. The summed E-state index contributed by atoms with van der Waals surface area (Å²) in [5, 5.41) is 13.8. The van der Waals surface area contributed by atoms with Gasteiger partial charge in [0.05, 0.1) is 0 Å². The molecular weight excluding hydrogens is 207 g/mol. The van der Waals surface area contributed by atoms with Gasteiger partial charge in [-0.25, -0.2) is 0 Å². The second-order valence-corrected chi connectivity index (χ2v) is 0.211. The third-order valence-corrected chi connectivity index (χ3v) is 0. The van der Waals surface area contributed by atoms with Crippen LogP contribution in [0.4, 0.5) is 0 Å². The molecule has 0 unspecified atom stereocenters. The van der Waals surface area contributed by atoms with Crippen molar-refractivity contribution in [2.24, 2.45) is 0 Å². The molecule has 0 amide bonds. The van der Waals surface area contributed by atoms with E-state index < -0.39 is 0 Å². The van der Waals surface area contributed by atoms with Crippen LogP contribution in [0.1, 0.15) is 0 Å². The standard InChI is InChI=1S/2CH2O2.Sn/c2*2-1-3;/h2*1H,(H,2,3);. The maximum atomic E-state index is 8.36. The monoisotopic (exact) mass is 212 g/mol.